The average molecular weight is 328 g/mol. The third kappa shape index (κ3) is 3.64. The van der Waals surface area contributed by atoms with E-state index in [1.807, 2.05) is 30.3 Å². The molecule has 1 unspecified atom stereocenters. The number of likely N-dealkylation sites (N-methyl/N-ethyl adjacent to an activating group) is 1. The molecular formula is C17H16N2O5. The van der Waals surface area contributed by atoms with Crippen molar-refractivity contribution in [3.8, 4) is 0 Å². The van der Waals surface area contributed by atoms with Gasteiger partial charge in [0.25, 0.3) is 11.6 Å². The van der Waals surface area contributed by atoms with Crippen LogP contribution in [0.1, 0.15) is 27.6 Å². The SMILES string of the molecule is CN(Cc1ccccc1)C(=O)C(O)c1cccc(C=O)c1[N+](=O)[O-]. The van der Waals surface area contributed by atoms with Crippen LogP contribution in [0.25, 0.3) is 0 Å². The molecule has 2 aromatic carbocycles. The molecule has 2 rings (SSSR count). The molecule has 0 spiro atoms. The Morgan fingerprint density at radius 3 is 2.50 bits per heavy atom. The van der Waals surface area contributed by atoms with E-state index in [9.17, 15) is 24.8 Å². The fourth-order valence-corrected chi connectivity index (χ4v) is 2.38. The van der Waals surface area contributed by atoms with Crippen LogP contribution in [0.3, 0.4) is 0 Å². The van der Waals surface area contributed by atoms with E-state index in [0.717, 1.165) is 5.56 Å². The highest BCUT2D eigenvalue weighted by Crippen LogP contribution is 2.29. The molecule has 1 atom stereocenters. The van der Waals surface area contributed by atoms with Crippen LogP contribution < -0.4 is 0 Å². The Balaban J connectivity index is 2.28. The number of para-hydroxylation sites is 1. The fraction of sp³-hybridized carbons (Fsp3) is 0.176. The van der Waals surface area contributed by atoms with Crippen molar-refractivity contribution >= 4 is 17.9 Å². The Labute approximate surface area is 138 Å². The number of benzene rings is 2. The molecule has 7 heteroatoms. The molecule has 124 valence electrons. The summed E-state index contributed by atoms with van der Waals surface area (Å²) in [5, 5.41) is 21.5. The Kier molecular flexibility index (Phi) is 5.39. The normalized spacial score (nSPS) is 11.6. The zero-order valence-corrected chi connectivity index (χ0v) is 13.0. The molecule has 0 saturated heterocycles. The van der Waals surface area contributed by atoms with Gasteiger partial charge in [-0.1, -0.05) is 36.4 Å². The van der Waals surface area contributed by atoms with E-state index in [1.54, 1.807) is 0 Å². The minimum Gasteiger partial charge on any atom is -0.378 e. The standard InChI is InChI=1S/C17H16N2O5/c1-18(10-12-6-3-2-4-7-12)17(22)16(21)14-9-5-8-13(11-20)15(14)19(23)24/h2-9,11,16,21H,10H2,1H3. The van der Waals surface area contributed by atoms with Gasteiger partial charge in [0.2, 0.25) is 0 Å². The zero-order chi connectivity index (χ0) is 17.7. The highest BCUT2D eigenvalue weighted by molar-refractivity contribution is 5.87. The van der Waals surface area contributed by atoms with E-state index < -0.39 is 22.6 Å². The van der Waals surface area contributed by atoms with Gasteiger partial charge in [-0.25, -0.2) is 0 Å². The van der Waals surface area contributed by atoms with Crippen LogP contribution >= 0.6 is 0 Å². The molecule has 0 radical (unpaired) electrons. The maximum atomic E-state index is 12.4. The Bertz CT molecular complexity index is 761. The number of hydrogen-bond donors (Lipinski definition) is 1. The van der Waals surface area contributed by atoms with Crippen molar-refractivity contribution in [1.29, 1.82) is 0 Å². The van der Waals surface area contributed by atoms with E-state index in [2.05, 4.69) is 0 Å². The molecule has 1 amide bonds. The molecule has 0 aliphatic rings. The van der Waals surface area contributed by atoms with Crippen LogP contribution in [0, 0.1) is 10.1 Å². The summed E-state index contributed by atoms with van der Waals surface area (Å²) in [5.74, 6) is -0.690. The molecule has 0 aromatic heterocycles. The molecule has 0 fully saturated rings. The summed E-state index contributed by atoms with van der Waals surface area (Å²) in [6.45, 7) is 0.248. The second-order valence-corrected chi connectivity index (χ2v) is 5.24. The molecule has 2 aromatic rings. The first-order valence-electron chi connectivity index (χ1n) is 7.15. The summed E-state index contributed by atoms with van der Waals surface area (Å²) in [6.07, 6.45) is -1.40. The molecule has 0 bridgehead atoms. The van der Waals surface area contributed by atoms with Gasteiger partial charge in [0.15, 0.2) is 12.4 Å². The number of hydrogen-bond acceptors (Lipinski definition) is 5. The molecular weight excluding hydrogens is 312 g/mol. The third-order valence-electron chi connectivity index (χ3n) is 3.58. The second kappa shape index (κ2) is 7.47. The predicted molar refractivity (Wildman–Crippen MR) is 86.4 cm³/mol. The molecule has 1 N–H and O–H groups in total. The van der Waals surface area contributed by atoms with Gasteiger partial charge in [0.1, 0.15) is 0 Å². The zero-order valence-electron chi connectivity index (χ0n) is 13.0. The predicted octanol–water partition coefficient (Wildman–Crippen LogP) is 2.10. The van der Waals surface area contributed by atoms with Gasteiger partial charge in [0.05, 0.1) is 16.1 Å². The topological polar surface area (TPSA) is 101 Å². The van der Waals surface area contributed by atoms with E-state index >= 15 is 0 Å². The van der Waals surface area contributed by atoms with E-state index in [0.29, 0.717) is 6.29 Å². The van der Waals surface area contributed by atoms with Crippen LogP contribution in [-0.4, -0.2) is 34.2 Å². The summed E-state index contributed by atoms with van der Waals surface area (Å²) < 4.78 is 0. The van der Waals surface area contributed by atoms with E-state index in [-0.39, 0.29) is 17.7 Å². The van der Waals surface area contributed by atoms with Gasteiger partial charge in [0, 0.05) is 13.6 Å². The monoisotopic (exact) mass is 328 g/mol. The molecule has 24 heavy (non-hydrogen) atoms. The van der Waals surface area contributed by atoms with Crippen molar-refractivity contribution in [1.82, 2.24) is 4.90 Å². The van der Waals surface area contributed by atoms with Gasteiger partial charge in [-0.05, 0) is 17.7 Å². The lowest BCUT2D eigenvalue weighted by Crippen LogP contribution is -2.31. The summed E-state index contributed by atoms with van der Waals surface area (Å²) in [5.41, 5.74) is -0.0808. The van der Waals surface area contributed by atoms with Crippen LogP contribution in [0.4, 0.5) is 5.69 Å². The maximum Gasteiger partial charge on any atom is 0.286 e. The number of aliphatic hydroxyl groups excluding tert-OH is 1. The van der Waals surface area contributed by atoms with Crippen LogP contribution in [-0.2, 0) is 11.3 Å². The second-order valence-electron chi connectivity index (χ2n) is 5.24. The number of aliphatic hydroxyl groups is 1. The smallest absolute Gasteiger partial charge is 0.286 e. The molecule has 0 saturated carbocycles. The van der Waals surface area contributed by atoms with Crippen molar-refractivity contribution in [3.05, 3.63) is 75.3 Å². The Morgan fingerprint density at radius 1 is 1.25 bits per heavy atom. The largest absolute Gasteiger partial charge is 0.378 e. The lowest BCUT2D eigenvalue weighted by Gasteiger charge is -2.21. The lowest BCUT2D eigenvalue weighted by atomic mass is 10.0. The van der Waals surface area contributed by atoms with Crippen molar-refractivity contribution in [3.63, 3.8) is 0 Å². The van der Waals surface area contributed by atoms with Crippen molar-refractivity contribution in [2.75, 3.05) is 7.05 Å². The maximum absolute atomic E-state index is 12.4. The number of carbonyl (C=O) groups excluding carboxylic acids is 2. The van der Waals surface area contributed by atoms with Crippen molar-refractivity contribution in [2.45, 2.75) is 12.6 Å². The summed E-state index contributed by atoms with van der Waals surface area (Å²) in [7, 11) is 1.49. The van der Waals surface area contributed by atoms with E-state index in [1.165, 1.54) is 30.1 Å². The summed E-state index contributed by atoms with van der Waals surface area (Å²) in [4.78, 5) is 35.1. The number of nitrogens with zero attached hydrogens (tertiary/aromatic N) is 2. The van der Waals surface area contributed by atoms with Gasteiger partial charge < -0.3 is 10.0 Å². The lowest BCUT2D eigenvalue weighted by molar-refractivity contribution is -0.386. The number of nitro benzene ring substituents is 1. The molecule has 0 aliphatic carbocycles. The third-order valence-corrected chi connectivity index (χ3v) is 3.58. The van der Waals surface area contributed by atoms with Gasteiger partial charge in [-0.3, -0.25) is 19.7 Å². The Hall–Kier alpha value is -3.06. The van der Waals surface area contributed by atoms with Gasteiger partial charge in [-0.2, -0.15) is 0 Å². The van der Waals surface area contributed by atoms with Crippen LogP contribution in [0.2, 0.25) is 0 Å². The number of nitro groups is 1. The first-order chi connectivity index (χ1) is 11.5. The van der Waals surface area contributed by atoms with Crippen molar-refractivity contribution < 1.29 is 19.6 Å². The highest BCUT2D eigenvalue weighted by Gasteiger charge is 2.30. The molecule has 0 aliphatic heterocycles. The summed E-state index contributed by atoms with van der Waals surface area (Å²) >= 11 is 0. The van der Waals surface area contributed by atoms with Gasteiger partial charge >= 0.3 is 0 Å². The fourth-order valence-electron chi connectivity index (χ4n) is 2.38. The van der Waals surface area contributed by atoms with E-state index in [4.69, 9.17) is 0 Å². The average Bonchev–Trinajstić information content (AvgIpc) is 2.60. The quantitative estimate of drug-likeness (QED) is 0.497. The number of amides is 1. The number of aldehydes is 1. The van der Waals surface area contributed by atoms with Crippen LogP contribution in [0.15, 0.2) is 48.5 Å². The number of carbonyl (C=O) groups is 2. The minimum atomic E-state index is -1.72. The molecule has 7 nitrogen and oxygen atoms in total. The number of rotatable bonds is 6. The summed E-state index contributed by atoms with van der Waals surface area (Å²) in [6, 6.07) is 13.1. The minimum absolute atomic E-state index is 0.185. The first-order valence-corrected chi connectivity index (χ1v) is 7.15. The highest BCUT2D eigenvalue weighted by atomic mass is 16.6. The van der Waals surface area contributed by atoms with Crippen molar-refractivity contribution in [2.24, 2.45) is 0 Å². The molecule has 0 heterocycles. The Morgan fingerprint density at radius 2 is 1.92 bits per heavy atom. The van der Waals surface area contributed by atoms with Gasteiger partial charge in [-0.15, -0.1) is 0 Å². The van der Waals surface area contributed by atoms with Crippen LogP contribution in [0.5, 0.6) is 0 Å². The first kappa shape index (κ1) is 17.3.